The van der Waals surface area contributed by atoms with Crippen molar-refractivity contribution in [2.24, 2.45) is 0 Å². The fourth-order valence-electron chi connectivity index (χ4n) is 1.79. The van der Waals surface area contributed by atoms with Gasteiger partial charge in [-0.1, -0.05) is 12.1 Å². The summed E-state index contributed by atoms with van der Waals surface area (Å²) in [6.45, 7) is 5.87. The predicted octanol–water partition coefficient (Wildman–Crippen LogP) is 2.67. The Morgan fingerprint density at radius 1 is 1.29 bits per heavy atom. The summed E-state index contributed by atoms with van der Waals surface area (Å²) < 4.78 is 37.8. The molecule has 3 nitrogen and oxygen atoms in total. The van der Waals surface area contributed by atoms with Gasteiger partial charge in [-0.25, -0.2) is 0 Å². The van der Waals surface area contributed by atoms with Gasteiger partial charge in [-0.2, -0.15) is 13.2 Å². The van der Waals surface area contributed by atoms with Crippen LogP contribution in [-0.2, 0) is 6.18 Å². The molecule has 0 bridgehead atoms. The summed E-state index contributed by atoms with van der Waals surface area (Å²) >= 11 is 0. The maximum atomic E-state index is 12.6. The van der Waals surface area contributed by atoms with Gasteiger partial charge in [0, 0.05) is 25.7 Å². The molecule has 1 unspecified atom stereocenters. The molecule has 1 rings (SSSR count). The Bertz CT molecular complexity index is 435. The normalized spacial score (nSPS) is 14.0. The quantitative estimate of drug-likeness (QED) is 0.760. The molecule has 0 aromatic heterocycles. The lowest BCUT2D eigenvalue weighted by atomic mass is 10.1. The monoisotopic (exact) mass is 304 g/mol. The molecule has 0 aliphatic carbocycles. The number of nitrogens with zero attached hydrogens (tertiary/aromatic N) is 1. The van der Waals surface area contributed by atoms with Gasteiger partial charge in [0.05, 0.1) is 11.7 Å². The number of halogens is 3. The summed E-state index contributed by atoms with van der Waals surface area (Å²) in [4.78, 5) is 2.14. The highest BCUT2D eigenvalue weighted by Gasteiger charge is 2.30. The first-order chi connectivity index (χ1) is 9.71. The minimum atomic E-state index is -4.39. The summed E-state index contributed by atoms with van der Waals surface area (Å²) in [7, 11) is 2.00. The van der Waals surface area contributed by atoms with E-state index in [0.29, 0.717) is 12.6 Å². The van der Waals surface area contributed by atoms with Crippen LogP contribution in [-0.4, -0.2) is 42.7 Å². The topological polar surface area (TPSA) is 35.5 Å². The molecule has 120 valence electrons. The van der Waals surface area contributed by atoms with Gasteiger partial charge in [0.25, 0.3) is 0 Å². The van der Waals surface area contributed by atoms with Crippen molar-refractivity contribution in [2.45, 2.75) is 32.2 Å². The maximum absolute atomic E-state index is 12.6. The van der Waals surface area contributed by atoms with E-state index in [9.17, 15) is 18.3 Å². The van der Waals surface area contributed by atoms with Crippen LogP contribution in [0.15, 0.2) is 24.3 Å². The molecule has 0 amide bonds. The van der Waals surface area contributed by atoms with Crippen LogP contribution in [0.2, 0.25) is 0 Å². The van der Waals surface area contributed by atoms with Gasteiger partial charge in [-0.05, 0) is 38.6 Å². The molecule has 1 atom stereocenters. The summed E-state index contributed by atoms with van der Waals surface area (Å²) in [5, 5.41) is 13.0. The number of hydrogen-bond donors (Lipinski definition) is 2. The second kappa shape index (κ2) is 7.77. The van der Waals surface area contributed by atoms with E-state index in [1.165, 1.54) is 12.1 Å². The number of aliphatic hydroxyl groups excluding tert-OH is 1. The Labute approximate surface area is 123 Å². The number of hydrogen-bond acceptors (Lipinski definition) is 3. The molecule has 1 aromatic carbocycles. The Balaban J connectivity index is 2.47. The lowest BCUT2D eigenvalue weighted by Gasteiger charge is -2.21. The molecule has 0 aliphatic rings. The van der Waals surface area contributed by atoms with Crippen molar-refractivity contribution in [2.75, 3.05) is 26.7 Å². The summed E-state index contributed by atoms with van der Waals surface area (Å²) in [5.41, 5.74) is -0.465. The molecule has 0 fully saturated rings. The van der Waals surface area contributed by atoms with E-state index in [-0.39, 0.29) is 12.1 Å². The third-order valence-electron chi connectivity index (χ3n) is 3.46. The zero-order chi connectivity index (χ0) is 16.0. The van der Waals surface area contributed by atoms with E-state index >= 15 is 0 Å². The Kier molecular flexibility index (Phi) is 6.64. The van der Waals surface area contributed by atoms with Crippen LogP contribution < -0.4 is 5.32 Å². The Hall–Kier alpha value is -1.11. The van der Waals surface area contributed by atoms with Crippen LogP contribution in [0.25, 0.3) is 0 Å². The first-order valence-electron chi connectivity index (χ1n) is 6.98. The third-order valence-corrected chi connectivity index (χ3v) is 3.46. The molecule has 0 heterocycles. The molecule has 0 spiro atoms. The zero-order valence-corrected chi connectivity index (χ0v) is 12.6. The van der Waals surface area contributed by atoms with Crippen molar-refractivity contribution >= 4 is 0 Å². The van der Waals surface area contributed by atoms with Gasteiger partial charge in [-0.15, -0.1) is 0 Å². The number of benzene rings is 1. The minimum absolute atomic E-state index is 0.229. The van der Waals surface area contributed by atoms with Crippen molar-refractivity contribution < 1.29 is 18.3 Å². The molecule has 0 aliphatic heterocycles. The molecule has 0 saturated heterocycles. The second-order valence-corrected chi connectivity index (χ2v) is 5.42. The number of nitrogens with one attached hydrogen (secondary N) is 1. The molecular formula is C15H23F3N2O. The van der Waals surface area contributed by atoms with Crippen molar-refractivity contribution in [3.63, 3.8) is 0 Å². The van der Waals surface area contributed by atoms with E-state index in [4.69, 9.17) is 0 Å². The van der Waals surface area contributed by atoms with Gasteiger partial charge < -0.3 is 15.3 Å². The lowest BCUT2D eigenvalue weighted by molar-refractivity contribution is -0.137. The highest BCUT2D eigenvalue weighted by molar-refractivity contribution is 5.27. The largest absolute Gasteiger partial charge is 0.416 e. The van der Waals surface area contributed by atoms with Crippen LogP contribution in [0.3, 0.4) is 0 Å². The summed E-state index contributed by atoms with van der Waals surface area (Å²) in [6.07, 6.45) is -5.33. The first-order valence-corrected chi connectivity index (χ1v) is 6.98. The summed E-state index contributed by atoms with van der Waals surface area (Å²) in [5.74, 6) is 0. The van der Waals surface area contributed by atoms with Gasteiger partial charge in [0.15, 0.2) is 0 Å². The summed E-state index contributed by atoms with van der Waals surface area (Å²) in [6, 6.07) is 5.24. The van der Waals surface area contributed by atoms with Crippen molar-refractivity contribution in [1.29, 1.82) is 0 Å². The number of aliphatic hydroxyl groups is 1. The molecule has 2 N–H and O–H groups in total. The highest BCUT2D eigenvalue weighted by atomic mass is 19.4. The van der Waals surface area contributed by atoms with Crippen LogP contribution in [0, 0.1) is 0 Å². The van der Waals surface area contributed by atoms with Gasteiger partial charge >= 0.3 is 6.18 Å². The number of rotatable bonds is 7. The van der Waals surface area contributed by atoms with Crippen LogP contribution in [0.1, 0.15) is 31.1 Å². The van der Waals surface area contributed by atoms with Crippen LogP contribution >= 0.6 is 0 Å². The minimum Gasteiger partial charge on any atom is -0.387 e. The average Bonchev–Trinajstić information content (AvgIpc) is 2.42. The van der Waals surface area contributed by atoms with Crippen molar-refractivity contribution in [1.82, 2.24) is 10.2 Å². The third kappa shape index (κ3) is 6.03. The molecule has 21 heavy (non-hydrogen) atoms. The average molecular weight is 304 g/mol. The first kappa shape index (κ1) is 17.9. The van der Waals surface area contributed by atoms with Crippen LogP contribution in [0.4, 0.5) is 13.2 Å². The van der Waals surface area contributed by atoms with E-state index < -0.39 is 17.8 Å². The number of alkyl halides is 3. The number of likely N-dealkylation sites (N-methyl/N-ethyl adjacent to an activating group) is 1. The van der Waals surface area contributed by atoms with E-state index in [1.807, 2.05) is 7.05 Å². The predicted molar refractivity (Wildman–Crippen MR) is 77.0 cm³/mol. The SMILES string of the molecule is CC(C)N(C)CCNCC(O)c1cccc(C(F)(F)F)c1. The molecule has 1 aromatic rings. The smallest absolute Gasteiger partial charge is 0.387 e. The van der Waals surface area contributed by atoms with E-state index in [2.05, 4.69) is 24.1 Å². The van der Waals surface area contributed by atoms with Gasteiger partial charge in [0.1, 0.15) is 0 Å². The molecule has 0 saturated carbocycles. The lowest BCUT2D eigenvalue weighted by Crippen LogP contribution is -2.35. The molecular weight excluding hydrogens is 281 g/mol. The van der Waals surface area contributed by atoms with Gasteiger partial charge in [0.2, 0.25) is 0 Å². The standard InChI is InChI=1S/C15H23F3N2O/c1-11(2)20(3)8-7-19-10-14(21)12-5-4-6-13(9-12)15(16,17)18/h4-6,9,11,14,19,21H,7-8,10H2,1-3H3. The molecule has 0 radical (unpaired) electrons. The van der Waals surface area contributed by atoms with E-state index in [0.717, 1.165) is 18.7 Å². The Morgan fingerprint density at radius 2 is 1.95 bits per heavy atom. The fourth-order valence-corrected chi connectivity index (χ4v) is 1.79. The van der Waals surface area contributed by atoms with Gasteiger partial charge in [-0.3, -0.25) is 0 Å². The Morgan fingerprint density at radius 3 is 2.52 bits per heavy atom. The fraction of sp³-hybridized carbons (Fsp3) is 0.600. The maximum Gasteiger partial charge on any atom is 0.416 e. The van der Waals surface area contributed by atoms with E-state index in [1.54, 1.807) is 0 Å². The zero-order valence-electron chi connectivity index (χ0n) is 12.6. The highest BCUT2D eigenvalue weighted by Crippen LogP contribution is 2.30. The van der Waals surface area contributed by atoms with Crippen molar-refractivity contribution in [3.8, 4) is 0 Å². The van der Waals surface area contributed by atoms with Crippen molar-refractivity contribution in [3.05, 3.63) is 35.4 Å². The molecule has 6 heteroatoms. The second-order valence-electron chi connectivity index (χ2n) is 5.42. The van der Waals surface area contributed by atoms with Crippen LogP contribution in [0.5, 0.6) is 0 Å².